The van der Waals surface area contributed by atoms with Crippen LogP contribution in [-0.4, -0.2) is 15.7 Å². The van der Waals surface area contributed by atoms with E-state index in [0.717, 1.165) is 25.1 Å². The molecule has 5 heteroatoms. The highest BCUT2D eigenvalue weighted by Gasteiger charge is 2.04. The van der Waals surface area contributed by atoms with Crippen molar-refractivity contribution in [3.8, 4) is 0 Å². The first-order valence-electron chi connectivity index (χ1n) is 7.31. The number of hydrogen-bond donors (Lipinski definition) is 1. The Kier molecular flexibility index (Phi) is 5.37. The first-order chi connectivity index (χ1) is 10.2. The minimum Gasteiger partial charge on any atom is -0.385 e. The average Bonchev–Trinajstić information content (AvgIpc) is 2.50. The third kappa shape index (κ3) is 4.08. The van der Waals surface area contributed by atoms with E-state index in [4.69, 9.17) is 0 Å². The van der Waals surface area contributed by atoms with Gasteiger partial charge in [-0.15, -0.1) is 0 Å². The smallest absolute Gasteiger partial charge is 0.330 e. The van der Waals surface area contributed by atoms with Crippen LogP contribution in [0.4, 0.5) is 5.69 Å². The molecule has 0 unspecified atom stereocenters. The summed E-state index contributed by atoms with van der Waals surface area (Å²) >= 11 is 0. The normalized spacial score (nSPS) is 10.5. The summed E-state index contributed by atoms with van der Waals surface area (Å²) in [4.78, 5) is 23.9. The minimum absolute atomic E-state index is 0.218. The molecule has 0 atom stereocenters. The molecule has 1 N–H and O–H groups in total. The summed E-state index contributed by atoms with van der Waals surface area (Å²) in [7, 11) is 0. The summed E-state index contributed by atoms with van der Waals surface area (Å²) in [6, 6.07) is 11.3. The summed E-state index contributed by atoms with van der Waals surface area (Å²) in [5, 5.41) is 3.27. The fourth-order valence-electron chi connectivity index (χ4n) is 2.20. The number of anilines is 1. The highest BCUT2D eigenvalue weighted by Crippen LogP contribution is 2.04. The van der Waals surface area contributed by atoms with Crippen molar-refractivity contribution in [3.05, 3.63) is 63.4 Å². The van der Waals surface area contributed by atoms with Gasteiger partial charge < -0.3 is 9.88 Å². The molecule has 0 saturated carbocycles. The number of hydrogen-bond acceptors (Lipinski definition) is 3. The molecule has 0 bridgehead atoms. The van der Waals surface area contributed by atoms with E-state index in [2.05, 4.69) is 5.32 Å². The van der Waals surface area contributed by atoms with Crippen LogP contribution in [-0.2, 0) is 13.1 Å². The van der Waals surface area contributed by atoms with E-state index >= 15 is 0 Å². The summed E-state index contributed by atoms with van der Waals surface area (Å²) in [6.07, 6.45) is 3.17. The number of para-hydroxylation sites is 1. The van der Waals surface area contributed by atoms with Gasteiger partial charge in [0, 0.05) is 37.6 Å². The second kappa shape index (κ2) is 7.47. The Morgan fingerprint density at radius 2 is 1.81 bits per heavy atom. The second-order valence-corrected chi connectivity index (χ2v) is 4.93. The summed E-state index contributed by atoms with van der Waals surface area (Å²) in [5.41, 5.74) is 0.595. The van der Waals surface area contributed by atoms with Crippen LogP contribution < -0.4 is 16.6 Å². The van der Waals surface area contributed by atoms with Crippen LogP contribution in [0.15, 0.2) is 52.2 Å². The summed E-state index contributed by atoms with van der Waals surface area (Å²) in [6.45, 7) is 3.80. The topological polar surface area (TPSA) is 56.0 Å². The van der Waals surface area contributed by atoms with Crippen molar-refractivity contribution < 1.29 is 0 Å². The molecular weight excluding hydrogens is 266 g/mol. The van der Waals surface area contributed by atoms with Gasteiger partial charge in [-0.05, 0) is 25.0 Å². The molecule has 0 spiro atoms. The first-order valence-corrected chi connectivity index (χ1v) is 7.31. The van der Waals surface area contributed by atoms with Crippen molar-refractivity contribution in [1.29, 1.82) is 0 Å². The molecule has 0 amide bonds. The Morgan fingerprint density at radius 1 is 1.05 bits per heavy atom. The van der Waals surface area contributed by atoms with E-state index in [1.807, 2.05) is 37.3 Å². The molecule has 2 aromatic rings. The Bertz CT molecular complexity index is 674. The van der Waals surface area contributed by atoms with Gasteiger partial charge in [-0.1, -0.05) is 25.1 Å². The van der Waals surface area contributed by atoms with Gasteiger partial charge in [0.25, 0.3) is 5.56 Å². The van der Waals surface area contributed by atoms with Crippen LogP contribution in [0.25, 0.3) is 0 Å². The third-order valence-corrected chi connectivity index (χ3v) is 3.27. The van der Waals surface area contributed by atoms with Gasteiger partial charge in [0.1, 0.15) is 0 Å². The van der Waals surface area contributed by atoms with Gasteiger partial charge in [0.15, 0.2) is 0 Å². The predicted octanol–water partition coefficient (Wildman–Crippen LogP) is 1.92. The number of benzene rings is 1. The SMILES string of the molecule is CCCn1ccc(=O)n(CCCNc2ccccc2)c1=O. The minimum atomic E-state index is -0.230. The zero-order chi connectivity index (χ0) is 15.1. The van der Waals surface area contributed by atoms with Crippen LogP contribution in [0.3, 0.4) is 0 Å². The van der Waals surface area contributed by atoms with Crippen molar-refractivity contribution in [3.63, 3.8) is 0 Å². The molecule has 0 aliphatic rings. The Balaban J connectivity index is 1.95. The molecule has 1 heterocycles. The largest absolute Gasteiger partial charge is 0.385 e. The van der Waals surface area contributed by atoms with Gasteiger partial charge in [-0.3, -0.25) is 9.36 Å². The molecule has 0 aliphatic carbocycles. The fourth-order valence-corrected chi connectivity index (χ4v) is 2.20. The molecular formula is C16H21N3O2. The van der Waals surface area contributed by atoms with E-state index in [1.54, 1.807) is 10.8 Å². The van der Waals surface area contributed by atoms with Gasteiger partial charge in [0.05, 0.1) is 0 Å². The maximum absolute atomic E-state index is 12.1. The standard InChI is InChI=1S/C16H21N3O2/c1-2-11-18-13-9-15(20)19(16(18)21)12-6-10-17-14-7-4-3-5-8-14/h3-5,7-9,13,17H,2,6,10-12H2,1H3. The Hall–Kier alpha value is -2.30. The molecule has 0 saturated heterocycles. The molecule has 0 radical (unpaired) electrons. The zero-order valence-electron chi connectivity index (χ0n) is 12.3. The van der Waals surface area contributed by atoms with E-state index < -0.39 is 0 Å². The van der Waals surface area contributed by atoms with Crippen molar-refractivity contribution >= 4 is 5.69 Å². The van der Waals surface area contributed by atoms with Gasteiger partial charge in [0.2, 0.25) is 0 Å². The van der Waals surface area contributed by atoms with E-state index in [1.165, 1.54) is 10.6 Å². The lowest BCUT2D eigenvalue weighted by Gasteiger charge is -2.10. The molecule has 112 valence electrons. The lowest BCUT2D eigenvalue weighted by atomic mass is 10.3. The van der Waals surface area contributed by atoms with Crippen LogP contribution in [0.1, 0.15) is 19.8 Å². The monoisotopic (exact) mass is 287 g/mol. The predicted molar refractivity (Wildman–Crippen MR) is 84.8 cm³/mol. The Morgan fingerprint density at radius 3 is 2.52 bits per heavy atom. The molecule has 5 nitrogen and oxygen atoms in total. The van der Waals surface area contributed by atoms with Crippen molar-refractivity contribution in [2.24, 2.45) is 0 Å². The molecule has 2 rings (SSSR count). The molecule has 0 fully saturated rings. The summed E-state index contributed by atoms with van der Waals surface area (Å²) in [5.74, 6) is 0. The second-order valence-electron chi connectivity index (χ2n) is 4.93. The number of rotatable bonds is 7. The van der Waals surface area contributed by atoms with E-state index in [0.29, 0.717) is 13.1 Å². The first kappa shape index (κ1) is 15.1. The lowest BCUT2D eigenvalue weighted by Crippen LogP contribution is -2.39. The summed E-state index contributed by atoms with van der Waals surface area (Å²) < 4.78 is 2.90. The number of aromatic nitrogens is 2. The van der Waals surface area contributed by atoms with Gasteiger partial charge in [-0.25, -0.2) is 4.79 Å². The van der Waals surface area contributed by atoms with Gasteiger partial charge in [-0.2, -0.15) is 0 Å². The fraction of sp³-hybridized carbons (Fsp3) is 0.375. The molecule has 0 aliphatic heterocycles. The van der Waals surface area contributed by atoms with Crippen LogP contribution in [0, 0.1) is 0 Å². The average molecular weight is 287 g/mol. The molecule has 21 heavy (non-hydrogen) atoms. The zero-order valence-corrected chi connectivity index (χ0v) is 12.3. The van der Waals surface area contributed by atoms with Crippen molar-refractivity contribution in [2.75, 3.05) is 11.9 Å². The molecule has 1 aromatic heterocycles. The van der Waals surface area contributed by atoms with E-state index in [9.17, 15) is 9.59 Å². The molecule has 1 aromatic carbocycles. The quantitative estimate of drug-likeness (QED) is 0.792. The Labute approximate surface area is 123 Å². The van der Waals surface area contributed by atoms with Crippen LogP contribution in [0.2, 0.25) is 0 Å². The van der Waals surface area contributed by atoms with E-state index in [-0.39, 0.29) is 11.2 Å². The number of nitrogens with zero attached hydrogens (tertiary/aromatic N) is 2. The third-order valence-electron chi connectivity index (χ3n) is 3.27. The van der Waals surface area contributed by atoms with Crippen LogP contribution >= 0.6 is 0 Å². The maximum atomic E-state index is 12.1. The lowest BCUT2D eigenvalue weighted by molar-refractivity contribution is 0.536. The highest BCUT2D eigenvalue weighted by molar-refractivity contribution is 5.42. The van der Waals surface area contributed by atoms with Crippen molar-refractivity contribution in [2.45, 2.75) is 32.9 Å². The maximum Gasteiger partial charge on any atom is 0.330 e. The van der Waals surface area contributed by atoms with Crippen molar-refractivity contribution in [1.82, 2.24) is 9.13 Å². The highest BCUT2D eigenvalue weighted by atomic mass is 16.2. The number of aryl methyl sites for hydroxylation is 1. The van der Waals surface area contributed by atoms with Crippen LogP contribution in [0.5, 0.6) is 0 Å². The number of nitrogens with one attached hydrogen (secondary N) is 1. The van der Waals surface area contributed by atoms with Gasteiger partial charge >= 0.3 is 5.69 Å².